The Morgan fingerprint density at radius 2 is 2.28 bits per heavy atom. The van der Waals surface area contributed by atoms with Crippen molar-refractivity contribution in [1.82, 2.24) is 5.32 Å². The zero-order valence-corrected chi connectivity index (χ0v) is 13.3. The summed E-state index contributed by atoms with van der Waals surface area (Å²) in [5.74, 6) is 0.919. The fourth-order valence-electron chi connectivity index (χ4n) is 2.50. The van der Waals surface area contributed by atoms with Crippen LogP contribution in [0.2, 0.25) is 0 Å². The molecular weight excluding hydrogens is 310 g/mol. The van der Waals surface area contributed by atoms with E-state index in [0.717, 1.165) is 22.0 Å². The van der Waals surface area contributed by atoms with Crippen molar-refractivity contribution in [3.05, 3.63) is 28.2 Å². The first-order valence-corrected chi connectivity index (χ1v) is 8.41. The summed E-state index contributed by atoms with van der Waals surface area (Å²) in [6.07, 6.45) is 6.21. The molecule has 1 aromatic rings. The Morgan fingerprint density at radius 1 is 1.44 bits per heavy atom. The van der Waals surface area contributed by atoms with Crippen LogP contribution in [0.3, 0.4) is 0 Å². The molecule has 1 aliphatic carbocycles. The third kappa shape index (κ3) is 3.43. The number of rotatable bonds is 5. The fraction of sp³-hybridized carbons (Fsp3) is 0.571. The molecule has 2 unspecified atom stereocenters. The van der Waals surface area contributed by atoms with Gasteiger partial charge in [0.25, 0.3) is 0 Å². The second-order valence-electron chi connectivity index (χ2n) is 4.65. The number of hydrogen-bond acceptors (Lipinski definition) is 3. The quantitative estimate of drug-likeness (QED) is 0.886. The zero-order chi connectivity index (χ0) is 13.0. The molecule has 0 aliphatic heterocycles. The number of thioether (sulfide) groups is 1. The standard InChI is InChI=1S/C14H20BrNOS/c1-17-11-6-7-12(15)10(8-11)9-16-13-4-3-5-14(13)18-2/h6-8,13-14,16H,3-5,9H2,1-2H3. The Hall–Kier alpha value is -0.190. The third-order valence-electron chi connectivity index (χ3n) is 3.56. The summed E-state index contributed by atoms with van der Waals surface area (Å²) >= 11 is 5.59. The van der Waals surface area contributed by atoms with E-state index in [-0.39, 0.29) is 0 Å². The minimum atomic E-state index is 0.651. The van der Waals surface area contributed by atoms with Crippen LogP contribution in [0.25, 0.3) is 0 Å². The van der Waals surface area contributed by atoms with Gasteiger partial charge in [-0.05, 0) is 42.9 Å². The van der Waals surface area contributed by atoms with Crippen molar-refractivity contribution in [2.24, 2.45) is 0 Å². The lowest BCUT2D eigenvalue weighted by Gasteiger charge is -2.19. The van der Waals surface area contributed by atoms with E-state index in [0.29, 0.717) is 6.04 Å². The predicted octanol–water partition coefficient (Wildman–Crippen LogP) is 3.83. The van der Waals surface area contributed by atoms with E-state index >= 15 is 0 Å². The van der Waals surface area contributed by atoms with E-state index in [1.165, 1.54) is 24.8 Å². The smallest absolute Gasteiger partial charge is 0.119 e. The van der Waals surface area contributed by atoms with E-state index in [4.69, 9.17) is 4.74 Å². The first-order valence-electron chi connectivity index (χ1n) is 6.33. The summed E-state index contributed by atoms with van der Waals surface area (Å²) in [6, 6.07) is 6.78. The minimum absolute atomic E-state index is 0.651. The van der Waals surface area contributed by atoms with Gasteiger partial charge in [0, 0.05) is 22.3 Å². The normalized spacial score (nSPS) is 23.3. The monoisotopic (exact) mass is 329 g/mol. The molecule has 1 fully saturated rings. The van der Waals surface area contributed by atoms with Gasteiger partial charge in [-0.15, -0.1) is 0 Å². The van der Waals surface area contributed by atoms with E-state index in [1.807, 2.05) is 17.8 Å². The highest BCUT2D eigenvalue weighted by molar-refractivity contribution is 9.10. The van der Waals surface area contributed by atoms with Crippen molar-refractivity contribution in [3.63, 3.8) is 0 Å². The van der Waals surface area contributed by atoms with Gasteiger partial charge in [-0.2, -0.15) is 11.8 Å². The van der Waals surface area contributed by atoms with Crippen molar-refractivity contribution in [2.45, 2.75) is 37.1 Å². The van der Waals surface area contributed by atoms with Gasteiger partial charge in [-0.25, -0.2) is 0 Å². The molecule has 4 heteroatoms. The van der Waals surface area contributed by atoms with Crippen LogP contribution < -0.4 is 10.1 Å². The van der Waals surface area contributed by atoms with Crippen LogP contribution in [0, 0.1) is 0 Å². The van der Waals surface area contributed by atoms with Gasteiger partial charge in [0.15, 0.2) is 0 Å². The third-order valence-corrected chi connectivity index (χ3v) is 5.51. The number of hydrogen-bond donors (Lipinski definition) is 1. The summed E-state index contributed by atoms with van der Waals surface area (Å²) in [5.41, 5.74) is 1.26. The lowest BCUT2D eigenvalue weighted by Crippen LogP contribution is -2.33. The molecule has 0 bridgehead atoms. The molecule has 1 aromatic carbocycles. The Bertz CT molecular complexity index is 399. The first kappa shape index (κ1) is 14.2. The fourth-order valence-corrected chi connectivity index (χ4v) is 3.85. The Morgan fingerprint density at radius 3 is 3.00 bits per heavy atom. The van der Waals surface area contributed by atoms with Crippen LogP contribution in [-0.2, 0) is 6.54 Å². The molecule has 1 N–H and O–H groups in total. The van der Waals surface area contributed by atoms with Crippen LogP contribution in [-0.4, -0.2) is 24.7 Å². The Balaban J connectivity index is 1.97. The molecule has 0 aromatic heterocycles. The van der Waals surface area contributed by atoms with Crippen molar-refractivity contribution >= 4 is 27.7 Å². The predicted molar refractivity (Wildman–Crippen MR) is 82.5 cm³/mol. The topological polar surface area (TPSA) is 21.3 Å². The summed E-state index contributed by atoms with van der Waals surface area (Å²) in [7, 11) is 1.71. The molecule has 0 spiro atoms. The molecule has 0 radical (unpaired) electrons. The highest BCUT2D eigenvalue weighted by Gasteiger charge is 2.25. The van der Waals surface area contributed by atoms with Gasteiger partial charge < -0.3 is 10.1 Å². The lowest BCUT2D eigenvalue weighted by atomic mass is 10.2. The van der Waals surface area contributed by atoms with Crippen LogP contribution >= 0.6 is 27.7 Å². The largest absolute Gasteiger partial charge is 0.497 e. The number of benzene rings is 1. The maximum atomic E-state index is 5.27. The maximum Gasteiger partial charge on any atom is 0.119 e. The van der Waals surface area contributed by atoms with E-state index in [1.54, 1.807) is 7.11 Å². The average Bonchev–Trinajstić information content (AvgIpc) is 2.85. The molecule has 0 saturated heterocycles. The Kier molecular flexibility index (Phi) is 5.39. The zero-order valence-electron chi connectivity index (χ0n) is 10.9. The number of nitrogens with one attached hydrogen (secondary N) is 1. The number of methoxy groups -OCH3 is 1. The average molecular weight is 330 g/mol. The molecule has 2 nitrogen and oxygen atoms in total. The number of ether oxygens (including phenoxy) is 1. The van der Waals surface area contributed by atoms with Gasteiger partial charge in [-0.1, -0.05) is 22.4 Å². The molecule has 2 rings (SSSR count). The van der Waals surface area contributed by atoms with Gasteiger partial charge in [-0.3, -0.25) is 0 Å². The highest BCUT2D eigenvalue weighted by Crippen LogP contribution is 2.29. The van der Waals surface area contributed by atoms with Crippen LogP contribution in [0.5, 0.6) is 5.75 Å². The molecular formula is C14H20BrNOS. The lowest BCUT2D eigenvalue weighted by molar-refractivity contribution is 0.413. The van der Waals surface area contributed by atoms with Crippen molar-refractivity contribution < 1.29 is 4.74 Å². The van der Waals surface area contributed by atoms with Crippen LogP contribution in [0.1, 0.15) is 24.8 Å². The van der Waals surface area contributed by atoms with E-state index in [2.05, 4.69) is 39.6 Å². The molecule has 100 valence electrons. The SMILES string of the molecule is COc1ccc(Br)c(CNC2CCCC2SC)c1. The van der Waals surface area contributed by atoms with Crippen molar-refractivity contribution in [3.8, 4) is 5.75 Å². The van der Waals surface area contributed by atoms with Crippen molar-refractivity contribution in [1.29, 1.82) is 0 Å². The second kappa shape index (κ2) is 6.83. The maximum absolute atomic E-state index is 5.27. The molecule has 0 heterocycles. The van der Waals surface area contributed by atoms with E-state index < -0.39 is 0 Å². The first-order chi connectivity index (χ1) is 8.74. The minimum Gasteiger partial charge on any atom is -0.497 e. The Labute approximate surface area is 122 Å². The molecule has 0 amide bonds. The summed E-state index contributed by atoms with van der Waals surface area (Å²) in [6.45, 7) is 0.902. The van der Waals surface area contributed by atoms with E-state index in [9.17, 15) is 0 Å². The molecule has 18 heavy (non-hydrogen) atoms. The van der Waals surface area contributed by atoms with Crippen LogP contribution in [0.4, 0.5) is 0 Å². The molecule has 1 saturated carbocycles. The van der Waals surface area contributed by atoms with Gasteiger partial charge >= 0.3 is 0 Å². The van der Waals surface area contributed by atoms with Gasteiger partial charge in [0.1, 0.15) is 5.75 Å². The van der Waals surface area contributed by atoms with Crippen LogP contribution in [0.15, 0.2) is 22.7 Å². The van der Waals surface area contributed by atoms with Crippen molar-refractivity contribution in [2.75, 3.05) is 13.4 Å². The number of halogens is 1. The second-order valence-corrected chi connectivity index (χ2v) is 6.58. The molecule has 2 atom stereocenters. The van der Waals surface area contributed by atoms with Gasteiger partial charge in [0.05, 0.1) is 7.11 Å². The van der Waals surface area contributed by atoms with Gasteiger partial charge in [0.2, 0.25) is 0 Å². The summed E-state index contributed by atoms with van der Waals surface area (Å²) < 4.78 is 6.42. The summed E-state index contributed by atoms with van der Waals surface area (Å²) in [5, 5.41) is 4.46. The molecule has 1 aliphatic rings. The highest BCUT2D eigenvalue weighted by atomic mass is 79.9. The summed E-state index contributed by atoms with van der Waals surface area (Å²) in [4.78, 5) is 0.